The summed E-state index contributed by atoms with van der Waals surface area (Å²) < 4.78 is 106. The van der Waals surface area contributed by atoms with Gasteiger partial charge in [-0.15, -0.1) is 0 Å². The highest BCUT2D eigenvalue weighted by atomic mass is 19.4. The molecule has 1 atom stereocenters. The average molecular weight is 264 g/mol. The van der Waals surface area contributed by atoms with Crippen molar-refractivity contribution < 1.29 is 49.4 Å². The second-order valence-corrected chi connectivity index (χ2v) is 2.53. The van der Waals surface area contributed by atoms with Crippen molar-refractivity contribution in [1.29, 1.82) is 0 Å². The molecule has 0 saturated carbocycles. The molecule has 0 radical (unpaired) electrons. The fraction of sp³-hybridized carbons (Fsp3) is 0.800. The van der Waals surface area contributed by atoms with Gasteiger partial charge in [-0.2, -0.15) is 35.1 Å². The van der Waals surface area contributed by atoms with Gasteiger partial charge in [0.25, 0.3) is 0 Å². The topological polar surface area (TPSA) is 37.3 Å². The van der Waals surface area contributed by atoms with Crippen LogP contribution >= 0.6 is 0 Å². The van der Waals surface area contributed by atoms with Crippen LogP contribution in [0.2, 0.25) is 0 Å². The number of aliphatic carboxylic acids is 1. The van der Waals surface area contributed by atoms with Gasteiger partial charge in [-0.3, -0.25) is 0 Å². The van der Waals surface area contributed by atoms with Gasteiger partial charge in [-0.05, 0) is 0 Å². The summed E-state index contributed by atoms with van der Waals surface area (Å²) in [4.78, 5) is 9.69. The molecule has 0 aliphatic carbocycles. The highest BCUT2D eigenvalue weighted by Gasteiger charge is 2.85. The highest BCUT2D eigenvalue weighted by molar-refractivity contribution is 5.80. The van der Waals surface area contributed by atoms with Gasteiger partial charge in [0, 0.05) is 0 Å². The van der Waals surface area contributed by atoms with E-state index in [4.69, 9.17) is 5.11 Å². The number of halogens is 9. The fourth-order valence-electron chi connectivity index (χ4n) is 0.629. The number of carboxylic acid groups (broad SMARTS) is 1. The average Bonchev–Trinajstić information content (AvgIpc) is 1.97. The van der Waals surface area contributed by atoms with Crippen LogP contribution < -0.4 is 0 Å². The van der Waals surface area contributed by atoms with Crippen LogP contribution in [-0.2, 0) is 4.79 Å². The van der Waals surface area contributed by atoms with Gasteiger partial charge in [0.1, 0.15) is 0 Å². The minimum atomic E-state index is -7.09. The molecule has 96 valence electrons. The van der Waals surface area contributed by atoms with Gasteiger partial charge in [-0.25, -0.2) is 9.18 Å². The largest absolute Gasteiger partial charge is 0.478 e. The molecular weight excluding hydrogens is 263 g/mol. The lowest BCUT2D eigenvalue weighted by atomic mass is 9.96. The van der Waals surface area contributed by atoms with Crippen molar-refractivity contribution in [3.05, 3.63) is 0 Å². The summed E-state index contributed by atoms with van der Waals surface area (Å²) in [7, 11) is 0. The molecule has 0 bridgehead atoms. The van der Waals surface area contributed by atoms with Crippen LogP contribution in [0.1, 0.15) is 0 Å². The van der Waals surface area contributed by atoms with E-state index in [9.17, 15) is 44.3 Å². The van der Waals surface area contributed by atoms with E-state index in [1.807, 2.05) is 0 Å². The predicted octanol–water partition coefficient (Wildman–Crippen LogP) is 2.54. The Hall–Kier alpha value is -1.16. The third-order valence-electron chi connectivity index (χ3n) is 1.47. The van der Waals surface area contributed by atoms with E-state index < -0.39 is 29.9 Å². The highest BCUT2D eigenvalue weighted by Crippen LogP contribution is 2.52. The normalized spacial score (nSPS) is 18.1. The van der Waals surface area contributed by atoms with E-state index in [0.29, 0.717) is 0 Å². The van der Waals surface area contributed by atoms with Crippen LogP contribution in [0.3, 0.4) is 0 Å². The predicted molar refractivity (Wildman–Crippen MR) is 28.5 cm³/mol. The summed E-state index contributed by atoms with van der Waals surface area (Å²) in [6.07, 6.45) is -13.9. The van der Waals surface area contributed by atoms with Crippen LogP contribution in [0.15, 0.2) is 0 Å². The summed E-state index contributed by atoms with van der Waals surface area (Å²) in [5.41, 5.74) is -6.72. The van der Waals surface area contributed by atoms with Crippen LogP contribution in [0, 0.1) is 0 Å². The van der Waals surface area contributed by atoms with E-state index in [-0.39, 0.29) is 0 Å². The number of hydrogen-bond donors (Lipinski definition) is 1. The molecule has 0 aromatic heterocycles. The van der Waals surface area contributed by atoms with Crippen LogP contribution in [0.5, 0.6) is 0 Å². The Kier molecular flexibility index (Phi) is 3.17. The minimum absolute atomic E-state index is 3.97. The molecular formula is C5HF9O2. The first-order valence-corrected chi connectivity index (χ1v) is 3.13. The molecule has 11 heteroatoms. The summed E-state index contributed by atoms with van der Waals surface area (Å²) in [6, 6.07) is 0. The van der Waals surface area contributed by atoms with Crippen LogP contribution in [0.25, 0.3) is 0 Å². The second kappa shape index (κ2) is 3.42. The number of rotatable bonds is 2. The SMILES string of the molecule is O=C(O)C(F)(C(F)(F)F)C(F)(F)C(F)(F)F. The van der Waals surface area contributed by atoms with Gasteiger partial charge < -0.3 is 5.11 Å². The maximum Gasteiger partial charge on any atom is 0.457 e. The van der Waals surface area contributed by atoms with Crippen molar-refractivity contribution >= 4 is 5.97 Å². The standard InChI is InChI=1S/C5HF9O2/c6-2(1(15)16,4(9,10)11)3(7,8)5(12,13)14/h(H,15,16). The Balaban J connectivity index is 5.85. The zero-order valence-corrected chi connectivity index (χ0v) is 6.76. The van der Waals surface area contributed by atoms with E-state index in [2.05, 4.69) is 0 Å². The third-order valence-corrected chi connectivity index (χ3v) is 1.47. The van der Waals surface area contributed by atoms with E-state index in [1.165, 1.54) is 0 Å². The first kappa shape index (κ1) is 14.8. The van der Waals surface area contributed by atoms with Crippen molar-refractivity contribution in [3.63, 3.8) is 0 Å². The first-order chi connectivity index (χ1) is 6.69. The molecule has 0 aliphatic heterocycles. The Bertz CT molecular complexity index is 289. The van der Waals surface area contributed by atoms with Gasteiger partial charge in [0.05, 0.1) is 0 Å². The quantitative estimate of drug-likeness (QED) is 0.778. The van der Waals surface area contributed by atoms with Gasteiger partial charge in [0.15, 0.2) is 0 Å². The van der Waals surface area contributed by atoms with Crippen molar-refractivity contribution in [2.24, 2.45) is 0 Å². The summed E-state index contributed by atoms with van der Waals surface area (Å²) >= 11 is 0. The maximum atomic E-state index is 12.5. The van der Waals surface area contributed by atoms with E-state index >= 15 is 0 Å². The van der Waals surface area contributed by atoms with Gasteiger partial charge in [0.2, 0.25) is 0 Å². The van der Waals surface area contributed by atoms with Crippen molar-refractivity contribution in [3.8, 4) is 0 Å². The molecule has 0 saturated heterocycles. The number of carboxylic acids is 1. The molecule has 0 spiro atoms. The number of alkyl halides is 9. The molecule has 0 amide bonds. The number of hydrogen-bond acceptors (Lipinski definition) is 1. The van der Waals surface area contributed by atoms with Crippen molar-refractivity contribution in [1.82, 2.24) is 0 Å². The van der Waals surface area contributed by atoms with Gasteiger partial charge >= 0.3 is 29.9 Å². The molecule has 0 aromatic rings. The van der Waals surface area contributed by atoms with Crippen LogP contribution in [0.4, 0.5) is 39.5 Å². The molecule has 0 aliphatic rings. The van der Waals surface area contributed by atoms with E-state index in [0.717, 1.165) is 0 Å². The Morgan fingerprint density at radius 3 is 1.12 bits per heavy atom. The Morgan fingerprint density at radius 2 is 1.06 bits per heavy atom. The van der Waals surface area contributed by atoms with Crippen LogP contribution in [-0.4, -0.2) is 35.0 Å². The monoisotopic (exact) mass is 264 g/mol. The Labute approximate surface area is 80.6 Å². The summed E-state index contributed by atoms with van der Waals surface area (Å²) in [5, 5.41) is 7.59. The lowest BCUT2D eigenvalue weighted by molar-refractivity contribution is -0.374. The molecule has 0 aromatic carbocycles. The molecule has 1 N–H and O–H groups in total. The zero-order valence-electron chi connectivity index (χ0n) is 6.76. The number of carbonyl (C=O) groups is 1. The van der Waals surface area contributed by atoms with E-state index in [1.54, 1.807) is 0 Å². The smallest absolute Gasteiger partial charge is 0.457 e. The first-order valence-electron chi connectivity index (χ1n) is 3.13. The van der Waals surface area contributed by atoms with Crippen molar-refractivity contribution in [2.45, 2.75) is 23.9 Å². The molecule has 0 fully saturated rings. The molecule has 0 rings (SSSR count). The summed E-state index contributed by atoms with van der Waals surface area (Å²) in [5.74, 6) is -11.1. The Morgan fingerprint density at radius 1 is 0.750 bits per heavy atom. The minimum Gasteiger partial charge on any atom is -0.478 e. The third kappa shape index (κ3) is 1.78. The lowest BCUT2D eigenvalue weighted by Crippen LogP contribution is -2.66. The summed E-state index contributed by atoms with van der Waals surface area (Å²) in [6.45, 7) is 0. The fourth-order valence-corrected chi connectivity index (χ4v) is 0.629. The van der Waals surface area contributed by atoms with Gasteiger partial charge in [-0.1, -0.05) is 0 Å². The molecule has 1 unspecified atom stereocenters. The van der Waals surface area contributed by atoms with Crippen molar-refractivity contribution in [2.75, 3.05) is 0 Å². The lowest BCUT2D eigenvalue weighted by Gasteiger charge is -2.32. The molecule has 16 heavy (non-hydrogen) atoms. The molecule has 0 heterocycles. The second-order valence-electron chi connectivity index (χ2n) is 2.53. The molecule has 2 nitrogen and oxygen atoms in total. The maximum absolute atomic E-state index is 12.5. The zero-order chi connectivity index (χ0) is 13.6.